The molecule has 168 valence electrons. The first kappa shape index (κ1) is 21.7. The van der Waals surface area contributed by atoms with Crippen LogP contribution in [-0.4, -0.2) is 38.2 Å². The van der Waals surface area contributed by atoms with E-state index in [9.17, 15) is 14.4 Å². The van der Waals surface area contributed by atoms with Gasteiger partial charge in [-0.1, -0.05) is 0 Å². The standard InChI is InChI=1S/C24H21N3O6/c1-31-19-9-7-18(8-10-19)27-24(30)15-2-5-17(6-3-15)26-22(28)13-25-23(29)16-4-11-20-21(12-16)33-14-32-20/h2-12H,13-14H2,1H3,(H,25,29)(H,26,28)(H,27,30). The van der Waals surface area contributed by atoms with Gasteiger partial charge >= 0.3 is 0 Å². The molecule has 0 aliphatic carbocycles. The summed E-state index contributed by atoms with van der Waals surface area (Å²) in [6.45, 7) is -0.0995. The number of amides is 3. The molecule has 3 amide bonds. The van der Waals surface area contributed by atoms with Gasteiger partial charge in [-0.2, -0.15) is 0 Å². The molecule has 33 heavy (non-hydrogen) atoms. The predicted octanol–water partition coefficient (Wildman–Crippen LogP) is 3.04. The van der Waals surface area contributed by atoms with E-state index in [2.05, 4.69) is 16.0 Å². The van der Waals surface area contributed by atoms with Crippen LogP contribution in [0.15, 0.2) is 66.7 Å². The highest BCUT2D eigenvalue weighted by molar-refractivity contribution is 6.05. The molecule has 9 heteroatoms. The molecule has 0 aromatic heterocycles. The zero-order valence-corrected chi connectivity index (χ0v) is 17.7. The molecule has 0 unspecified atom stereocenters. The van der Waals surface area contributed by atoms with Crippen molar-refractivity contribution in [3.8, 4) is 17.2 Å². The van der Waals surface area contributed by atoms with Crippen molar-refractivity contribution >= 4 is 29.1 Å². The Balaban J connectivity index is 1.27. The number of ether oxygens (including phenoxy) is 3. The van der Waals surface area contributed by atoms with Gasteiger partial charge in [-0.05, 0) is 66.7 Å². The van der Waals surface area contributed by atoms with Crippen molar-refractivity contribution in [1.29, 1.82) is 0 Å². The summed E-state index contributed by atoms with van der Waals surface area (Å²) in [4.78, 5) is 36.8. The molecule has 0 bridgehead atoms. The van der Waals surface area contributed by atoms with Gasteiger partial charge < -0.3 is 30.2 Å². The molecule has 3 aromatic carbocycles. The smallest absolute Gasteiger partial charge is 0.255 e. The number of nitrogens with one attached hydrogen (secondary N) is 3. The van der Waals surface area contributed by atoms with E-state index >= 15 is 0 Å². The van der Waals surface area contributed by atoms with E-state index in [4.69, 9.17) is 14.2 Å². The average Bonchev–Trinajstić information content (AvgIpc) is 3.31. The van der Waals surface area contributed by atoms with E-state index < -0.39 is 11.8 Å². The van der Waals surface area contributed by atoms with E-state index in [1.807, 2.05) is 0 Å². The average molecular weight is 447 g/mol. The van der Waals surface area contributed by atoms with Crippen LogP contribution in [0.1, 0.15) is 20.7 Å². The van der Waals surface area contributed by atoms with E-state index in [1.54, 1.807) is 73.8 Å². The van der Waals surface area contributed by atoms with Crippen LogP contribution < -0.4 is 30.2 Å². The second-order valence-corrected chi connectivity index (χ2v) is 7.06. The van der Waals surface area contributed by atoms with Gasteiger partial charge in [0.2, 0.25) is 12.7 Å². The van der Waals surface area contributed by atoms with Gasteiger partial charge in [-0.3, -0.25) is 14.4 Å². The minimum Gasteiger partial charge on any atom is -0.497 e. The largest absolute Gasteiger partial charge is 0.497 e. The molecule has 0 spiro atoms. The Bertz CT molecular complexity index is 1180. The molecule has 1 heterocycles. The van der Waals surface area contributed by atoms with Gasteiger partial charge in [-0.25, -0.2) is 0 Å². The Morgan fingerprint density at radius 3 is 2.15 bits per heavy atom. The van der Waals surface area contributed by atoms with Crippen molar-refractivity contribution in [2.24, 2.45) is 0 Å². The summed E-state index contributed by atoms with van der Waals surface area (Å²) >= 11 is 0. The molecular weight excluding hydrogens is 426 g/mol. The normalized spacial score (nSPS) is 11.4. The summed E-state index contributed by atoms with van der Waals surface area (Å²) in [6.07, 6.45) is 0. The number of anilines is 2. The first-order valence-electron chi connectivity index (χ1n) is 10.0. The van der Waals surface area contributed by atoms with Crippen molar-refractivity contribution < 1.29 is 28.6 Å². The van der Waals surface area contributed by atoms with Crippen LogP contribution in [0.4, 0.5) is 11.4 Å². The third-order valence-electron chi connectivity index (χ3n) is 4.82. The Morgan fingerprint density at radius 2 is 1.42 bits per heavy atom. The molecule has 0 atom stereocenters. The minimum absolute atomic E-state index is 0.116. The van der Waals surface area contributed by atoms with Gasteiger partial charge in [0.1, 0.15) is 5.75 Å². The molecule has 0 radical (unpaired) electrons. The van der Waals surface area contributed by atoms with Crippen molar-refractivity contribution in [1.82, 2.24) is 5.32 Å². The SMILES string of the molecule is COc1ccc(NC(=O)c2ccc(NC(=O)CNC(=O)c3ccc4c(c3)OCO4)cc2)cc1. The Hall–Kier alpha value is -4.53. The molecule has 1 aliphatic rings. The fourth-order valence-corrected chi connectivity index (χ4v) is 3.09. The Kier molecular flexibility index (Phi) is 6.40. The van der Waals surface area contributed by atoms with Crippen LogP contribution in [0.3, 0.4) is 0 Å². The maximum Gasteiger partial charge on any atom is 0.255 e. The lowest BCUT2D eigenvalue weighted by molar-refractivity contribution is -0.115. The van der Waals surface area contributed by atoms with Crippen LogP contribution in [0, 0.1) is 0 Å². The third kappa shape index (κ3) is 5.40. The van der Waals surface area contributed by atoms with E-state index in [1.165, 1.54) is 0 Å². The second kappa shape index (κ2) is 9.73. The number of hydrogen-bond donors (Lipinski definition) is 3. The molecular formula is C24H21N3O6. The number of benzene rings is 3. The van der Waals surface area contributed by atoms with E-state index in [0.29, 0.717) is 39.8 Å². The van der Waals surface area contributed by atoms with Crippen LogP contribution in [0.25, 0.3) is 0 Å². The highest BCUT2D eigenvalue weighted by Gasteiger charge is 2.16. The quantitative estimate of drug-likeness (QED) is 0.513. The van der Waals surface area contributed by atoms with Gasteiger partial charge in [-0.15, -0.1) is 0 Å². The monoisotopic (exact) mass is 447 g/mol. The fraction of sp³-hybridized carbons (Fsp3) is 0.125. The molecule has 3 N–H and O–H groups in total. The van der Waals surface area contributed by atoms with Crippen molar-refractivity contribution in [2.75, 3.05) is 31.1 Å². The van der Waals surface area contributed by atoms with Crippen molar-refractivity contribution in [3.05, 3.63) is 77.9 Å². The Labute approximate surface area is 189 Å². The van der Waals surface area contributed by atoms with Gasteiger partial charge in [0.25, 0.3) is 11.8 Å². The van der Waals surface area contributed by atoms with Crippen LogP contribution >= 0.6 is 0 Å². The number of rotatable bonds is 7. The summed E-state index contributed by atoms with van der Waals surface area (Å²) in [7, 11) is 1.57. The third-order valence-corrected chi connectivity index (χ3v) is 4.82. The maximum absolute atomic E-state index is 12.4. The lowest BCUT2D eigenvalue weighted by atomic mass is 10.2. The first-order chi connectivity index (χ1) is 16.0. The molecule has 1 aliphatic heterocycles. The highest BCUT2D eigenvalue weighted by Crippen LogP contribution is 2.32. The zero-order chi connectivity index (χ0) is 23.2. The van der Waals surface area contributed by atoms with Crippen LogP contribution in [0.5, 0.6) is 17.2 Å². The van der Waals surface area contributed by atoms with E-state index in [-0.39, 0.29) is 19.2 Å². The van der Waals surface area contributed by atoms with Crippen molar-refractivity contribution in [3.63, 3.8) is 0 Å². The lowest BCUT2D eigenvalue weighted by Crippen LogP contribution is -2.32. The topological polar surface area (TPSA) is 115 Å². The second-order valence-electron chi connectivity index (χ2n) is 7.06. The number of hydrogen-bond acceptors (Lipinski definition) is 6. The maximum atomic E-state index is 12.4. The first-order valence-corrected chi connectivity index (χ1v) is 10.0. The molecule has 0 saturated carbocycles. The summed E-state index contributed by atoms with van der Waals surface area (Å²) in [5.74, 6) is 0.663. The predicted molar refractivity (Wildman–Crippen MR) is 121 cm³/mol. The number of carbonyl (C=O) groups is 3. The summed E-state index contributed by atoms with van der Waals surface area (Å²) in [5, 5.41) is 8.02. The van der Waals surface area contributed by atoms with Crippen LogP contribution in [0.2, 0.25) is 0 Å². The molecule has 9 nitrogen and oxygen atoms in total. The number of carbonyl (C=O) groups excluding carboxylic acids is 3. The van der Waals surface area contributed by atoms with Gasteiger partial charge in [0, 0.05) is 22.5 Å². The van der Waals surface area contributed by atoms with E-state index in [0.717, 1.165) is 0 Å². The van der Waals surface area contributed by atoms with Gasteiger partial charge in [0.05, 0.1) is 13.7 Å². The minimum atomic E-state index is -0.408. The highest BCUT2D eigenvalue weighted by atomic mass is 16.7. The Morgan fingerprint density at radius 1 is 0.788 bits per heavy atom. The lowest BCUT2D eigenvalue weighted by Gasteiger charge is -2.09. The van der Waals surface area contributed by atoms with Crippen LogP contribution in [-0.2, 0) is 4.79 Å². The molecule has 0 saturated heterocycles. The zero-order valence-electron chi connectivity index (χ0n) is 17.7. The number of fused-ring (bicyclic) bond motifs is 1. The fourth-order valence-electron chi connectivity index (χ4n) is 3.09. The molecule has 4 rings (SSSR count). The number of methoxy groups -OCH3 is 1. The summed E-state index contributed by atoms with van der Waals surface area (Å²) in [5.41, 5.74) is 1.92. The van der Waals surface area contributed by atoms with Crippen molar-refractivity contribution in [2.45, 2.75) is 0 Å². The van der Waals surface area contributed by atoms with Gasteiger partial charge in [0.15, 0.2) is 11.5 Å². The molecule has 3 aromatic rings. The molecule has 0 fully saturated rings. The summed E-state index contributed by atoms with van der Waals surface area (Å²) in [6, 6.07) is 18.2. The summed E-state index contributed by atoms with van der Waals surface area (Å²) < 4.78 is 15.6.